The normalized spacial score (nSPS) is 11.2. The number of hydrogen-bond donors (Lipinski definition) is 2. The fraction of sp³-hybridized carbons (Fsp3) is 0.222. The number of halogens is 1. The number of carbonyl (C=O) groups excluding carboxylic acids is 1. The number of benzene rings is 2. The summed E-state index contributed by atoms with van der Waals surface area (Å²) in [6.07, 6.45) is 0. The van der Waals surface area contributed by atoms with Gasteiger partial charge in [-0.05, 0) is 44.2 Å². The number of nitrogens with one attached hydrogen (secondary N) is 2. The Morgan fingerprint density at radius 2 is 2.12 bits per heavy atom. The van der Waals surface area contributed by atoms with Gasteiger partial charge in [0.15, 0.2) is 0 Å². The van der Waals surface area contributed by atoms with E-state index in [2.05, 4.69) is 10.6 Å². The van der Waals surface area contributed by atoms with Crippen molar-refractivity contribution in [2.45, 2.75) is 19.9 Å². The molecule has 124 valence electrons. The molecular formula is C18H18FN3O2. The topological polar surface area (TPSA) is 74.2 Å². The predicted octanol–water partition coefficient (Wildman–Crippen LogP) is 3.54. The molecule has 2 rings (SSSR count). The van der Waals surface area contributed by atoms with Crippen molar-refractivity contribution in [3.05, 3.63) is 53.8 Å². The van der Waals surface area contributed by atoms with E-state index in [-0.39, 0.29) is 5.91 Å². The van der Waals surface area contributed by atoms with Crippen LogP contribution in [0.4, 0.5) is 15.8 Å². The Morgan fingerprint density at radius 1 is 1.33 bits per heavy atom. The molecule has 0 aromatic heterocycles. The second kappa shape index (κ2) is 7.97. The number of hydrogen-bond acceptors (Lipinski definition) is 4. The van der Waals surface area contributed by atoms with Crippen LogP contribution in [0, 0.1) is 17.1 Å². The lowest BCUT2D eigenvalue weighted by molar-refractivity contribution is -0.116. The standard InChI is InChI=1S/C18H18FN3O2/c1-3-24-17-10-14(19)7-8-16(17)21-12(2)18(23)22-15-6-4-5-13(9-15)11-20/h4-10,12,21H,3H2,1-2H3,(H,22,23). The molecule has 6 heteroatoms. The van der Waals surface area contributed by atoms with Crippen LogP contribution in [-0.4, -0.2) is 18.6 Å². The Bertz CT molecular complexity index is 771. The number of amides is 1. The van der Waals surface area contributed by atoms with Crippen molar-refractivity contribution in [3.8, 4) is 11.8 Å². The molecule has 0 spiro atoms. The maximum atomic E-state index is 13.3. The number of nitriles is 1. The van der Waals surface area contributed by atoms with Crippen molar-refractivity contribution in [2.24, 2.45) is 0 Å². The summed E-state index contributed by atoms with van der Waals surface area (Å²) >= 11 is 0. The van der Waals surface area contributed by atoms with E-state index in [1.54, 1.807) is 38.1 Å². The van der Waals surface area contributed by atoms with Crippen LogP contribution in [0.2, 0.25) is 0 Å². The third-order valence-corrected chi connectivity index (χ3v) is 3.27. The highest BCUT2D eigenvalue weighted by molar-refractivity contribution is 5.96. The number of anilines is 2. The van der Waals surface area contributed by atoms with Gasteiger partial charge in [0, 0.05) is 11.8 Å². The van der Waals surface area contributed by atoms with Gasteiger partial charge in [-0.2, -0.15) is 5.26 Å². The SMILES string of the molecule is CCOc1cc(F)ccc1NC(C)C(=O)Nc1cccc(C#N)c1. The minimum absolute atomic E-state index is 0.281. The summed E-state index contributed by atoms with van der Waals surface area (Å²) in [5.41, 5.74) is 1.54. The molecule has 0 aliphatic carbocycles. The first-order chi connectivity index (χ1) is 11.5. The summed E-state index contributed by atoms with van der Waals surface area (Å²) in [6.45, 7) is 3.87. The molecule has 0 saturated carbocycles. The zero-order valence-electron chi connectivity index (χ0n) is 13.5. The van der Waals surface area contributed by atoms with Gasteiger partial charge in [-0.25, -0.2) is 4.39 Å². The van der Waals surface area contributed by atoms with Crippen LogP contribution < -0.4 is 15.4 Å². The van der Waals surface area contributed by atoms with Crippen molar-refractivity contribution in [1.29, 1.82) is 5.26 Å². The molecule has 0 radical (unpaired) electrons. The van der Waals surface area contributed by atoms with E-state index < -0.39 is 11.9 Å². The van der Waals surface area contributed by atoms with Crippen LogP contribution in [0.5, 0.6) is 5.75 Å². The van der Waals surface area contributed by atoms with Crippen molar-refractivity contribution >= 4 is 17.3 Å². The summed E-state index contributed by atoms with van der Waals surface area (Å²) in [6, 6.07) is 12.2. The maximum absolute atomic E-state index is 13.3. The van der Waals surface area contributed by atoms with Gasteiger partial charge >= 0.3 is 0 Å². The number of carbonyl (C=O) groups is 1. The van der Waals surface area contributed by atoms with E-state index in [0.717, 1.165) is 0 Å². The van der Waals surface area contributed by atoms with Crippen LogP contribution >= 0.6 is 0 Å². The van der Waals surface area contributed by atoms with Gasteiger partial charge in [-0.15, -0.1) is 0 Å². The summed E-state index contributed by atoms with van der Waals surface area (Å²) in [4.78, 5) is 12.3. The molecule has 1 amide bonds. The molecule has 2 aromatic carbocycles. The molecule has 0 saturated heterocycles. The number of nitrogens with zero attached hydrogens (tertiary/aromatic N) is 1. The minimum Gasteiger partial charge on any atom is -0.492 e. The first-order valence-electron chi connectivity index (χ1n) is 7.53. The average molecular weight is 327 g/mol. The minimum atomic E-state index is -0.583. The fourth-order valence-corrected chi connectivity index (χ4v) is 2.11. The number of ether oxygens (including phenoxy) is 1. The predicted molar refractivity (Wildman–Crippen MR) is 90.4 cm³/mol. The molecule has 0 bridgehead atoms. The quantitative estimate of drug-likeness (QED) is 0.851. The first kappa shape index (κ1) is 17.3. The Kier molecular flexibility index (Phi) is 5.74. The van der Waals surface area contributed by atoms with Crippen molar-refractivity contribution in [3.63, 3.8) is 0 Å². The smallest absolute Gasteiger partial charge is 0.246 e. The molecule has 1 atom stereocenters. The molecule has 24 heavy (non-hydrogen) atoms. The maximum Gasteiger partial charge on any atom is 0.246 e. The van der Waals surface area contributed by atoms with Crippen LogP contribution in [0.1, 0.15) is 19.4 Å². The summed E-state index contributed by atoms with van der Waals surface area (Å²) in [5.74, 6) is -0.338. The van der Waals surface area contributed by atoms with E-state index in [4.69, 9.17) is 10.00 Å². The zero-order chi connectivity index (χ0) is 17.5. The van der Waals surface area contributed by atoms with Crippen LogP contribution in [0.15, 0.2) is 42.5 Å². The van der Waals surface area contributed by atoms with Gasteiger partial charge in [0.25, 0.3) is 0 Å². The van der Waals surface area contributed by atoms with E-state index in [9.17, 15) is 9.18 Å². The van der Waals surface area contributed by atoms with Crippen molar-refractivity contribution < 1.29 is 13.9 Å². The van der Waals surface area contributed by atoms with Gasteiger partial charge in [-0.1, -0.05) is 6.07 Å². The summed E-state index contributed by atoms with van der Waals surface area (Å²) < 4.78 is 18.7. The second-order valence-corrected chi connectivity index (χ2v) is 5.12. The van der Waals surface area contributed by atoms with Crippen LogP contribution in [-0.2, 0) is 4.79 Å². The molecule has 0 fully saturated rings. The number of rotatable bonds is 6. The molecular weight excluding hydrogens is 309 g/mol. The van der Waals surface area contributed by atoms with Gasteiger partial charge in [-0.3, -0.25) is 4.79 Å². The van der Waals surface area contributed by atoms with E-state index in [1.807, 2.05) is 6.07 Å². The van der Waals surface area contributed by atoms with Gasteiger partial charge in [0.2, 0.25) is 5.91 Å². The zero-order valence-corrected chi connectivity index (χ0v) is 13.5. The van der Waals surface area contributed by atoms with E-state index >= 15 is 0 Å². The highest BCUT2D eigenvalue weighted by Crippen LogP contribution is 2.26. The summed E-state index contributed by atoms with van der Waals surface area (Å²) in [5, 5.41) is 14.6. The lowest BCUT2D eigenvalue weighted by Gasteiger charge is -2.18. The average Bonchev–Trinajstić information content (AvgIpc) is 2.57. The Hall–Kier alpha value is -3.07. The van der Waals surface area contributed by atoms with Crippen molar-refractivity contribution in [2.75, 3.05) is 17.2 Å². The van der Waals surface area contributed by atoms with E-state index in [1.165, 1.54) is 18.2 Å². The highest BCUT2D eigenvalue weighted by atomic mass is 19.1. The lowest BCUT2D eigenvalue weighted by atomic mass is 10.2. The largest absolute Gasteiger partial charge is 0.492 e. The molecule has 5 nitrogen and oxygen atoms in total. The third-order valence-electron chi connectivity index (χ3n) is 3.27. The van der Waals surface area contributed by atoms with Gasteiger partial charge < -0.3 is 15.4 Å². The Morgan fingerprint density at radius 3 is 2.83 bits per heavy atom. The van der Waals surface area contributed by atoms with E-state index in [0.29, 0.717) is 29.3 Å². The first-order valence-corrected chi connectivity index (χ1v) is 7.53. The van der Waals surface area contributed by atoms with Gasteiger partial charge in [0.1, 0.15) is 17.6 Å². The Balaban J connectivity index is 2.07. The molecule has 1 unspecified atom stereocenters. The fourth-order valence-electron chi connectivity index (χ4n) is 2.11. The molecule has 2 N–H and O–H groups in total. The lowest BCUT2D eigenvalue weighted by Crippen LogP contribution is -2.32. The van der Waals surface area contributed by atoms with Crippen LogP contribution in [0.25, 0.3) is 0 Å². The molecule has 0 heterocycles. The molecule has 2 aromatic rings. The monoisotopic (exact) mass is 327 g/mol. The molecule has 0 aliphatic rings. The second-order valence-electron chi connectivity index (χ2n) is 5.12. The van der Waals surface area contributed by atoms with Crippen LogP contribution in [0.3, 0.4) is 0 Å². The third kappa shape index (κ3) is 4.46. The van der Waals surface area contributed by atoms with Crippen molar-refractivity contribution in [1.82, 2.24) is 0 Å². The highest BCUT2D eigenvalue weighted by Gasteiger charge is 2.15. The summed E-state index contributed by atoms with van der Waals surface area (Å²) in [7, 11) is 0. The van der Waals surface area contributed by atoms with Gasteiger partial charge in [0.05, 0.1) is 23.9 Å². The Labute approximate surface area is 140 Å². The molecule has 0 aliphatic heterocycles.